The van der Waals surface area contributed by atoms with Crippen LogP contribution in [0.4, 0.5) is 19.0 Å². The van der Waals surface area contributed by atoms with Crippen LogP contribution in [0.1, 0.15) is 31.4 Å². The predicted octanol–water partition coefficient (Wildman–Crippen LogP) is 3.05. The summed E-state index contributed by atoms with van der Waals surface area (Å²) in [4.78, 5) is 16.6. The van der Waals surface area contributed by atoms with Crippen LogP contribution in [-0.2, 0) is 11.0 Å². The van der Waals surface area contributed by atoms with E-state index >= 15 is 0 Å². The van der Waals surface area contributed by atoms with Gasteiger partial charge in [-0.15, -0.1) is 0 Å². The second-order valence-corrected chi connectivity index (χ2v) is 4.76. The number of pyridine rings is 1. The number of ketones is 1. The molecule has 1 fully saturated rings. The number of nitrogens with zero attached hydrogens (tertiary/aromatic N) is 2. The molecule has 0 aliphatic heterocycles. The average Bonchev–Trinajstić information content (AvgIpc) is 2.38. The van der Waals surface area contributed by atoms with Gasteiger partial charge in [0.25, 0.3) is 0 Å². The summed E-state index contributed by atoms with van der Waals surface area (Å²) in [6.07, 6.45) is -2.10. The van der Waals surface area contributed by atoms with Crippen LogP contribution in [0.2, 0.25) is 0 Å². The lowest BCUT2D eigenvalue weighted by atomic mass is 9.93. The molecule has 0 N–H and O–H groups in total. The van der Waals surface area contributed by atoms with Gasteiger partial charge in [0.1, 0.15) is 17.3 Å². The highest BCUT2D eigenvalue weighted by atomic mass is 19.4. The third-order valence-corrected chi connectivity index (χ3v) is 3.45. The maximum atomic E-state index is 12.6. The Morgan fingerprint density at radius 2 is 1.89 bits per heavy atom. The zero-order valence-corrected chi connectivity index (χ0v) is 10.6. The normalized spacial score (nSPS) is 17.6. The SMILES string of the molecule is CN(c1cccc(C(F)(F)F)n1)C1CCC(=O)CC1. The van der Waals surface area contributed by atoms with Gasteiger partial charge in [0.15, 0.2) is 0 Å². The van der Waals surface area contributed by atoms with Crippen LogP contribution < -0.4 is 4.90 Å². The number of alkyl halides is 3. The summed E-state index contributed by atoms with van der Waals surface area (Å²) in [7, 11) is 1.73. The number of anilines is 1. The molecular formula is C13H15F3N2O. The first-order valence-corrected chi connectivity index (χ1v) is 6.16. The molecule has 19 heavy (non-hydrogen) atoms. The maximum absolute atomic E-state index is 12.6. The van der Waals surface area contributed by atoms with Crippen LogP contribution in [0.15, 0.2) is 18.2 Å². The van der Waals surface area contributed by atoms with E-state index in [9.17, 15) is 18.0 Å². The second kappa shape index (κ2) is 5.19. The third-order valence-electron chi connectivity index (χ3n) is 3.45. The highest BCUT2D eigenvalue weighted by Crippen LogP contribution is 2.30. The summed E-state index contributed by atoms with van der Waals surface area (Å²) in [6, 6.07) is 3.96. The number of hydrogen-bond donors (Lipinski definition) is 0. The molecule has 6 heteroatoms. The molecule has 0 atom stereocenters. The zero-order valence-electron chi connectivity index (χ0n) is 10.6. The predicted molar refractivity (Wildman–Crippen MR) is 64.9 cm³/mol. The Hall–Kier alpha value is -1.59. The van der Waals surface area contributed by atoms with Gasteiger partial charge in [-0.3, -0.25) is 4.79 Å². The highest BCUT2D eigenvalue weighted by Gasteiger charge is 2.33. The molecule has 0 radical (unpaired) electrons. The molecule has 0 aromatic carbocycles. The molecule has 1 aliphatic rings. The van der Waals surface area contributed by atoms with Gasteiger partial charge in [-0.25, -0.2) is 4.98 Å². The largest absolute Gasteiger partial charge is 0.433 e. The molecule has 3 nitrogen and oxygen atoms in total. The number of carbonyl (C=O) groups is 1. The number of carbonyl (C=O) groups excluding carboxylic acids is 1. The van der Waals surface area contributed by atoms with Crippen molar-refractivity contribution in [2.45, 2.75) is 37.9 Å². The monoisotopic (exact) mass is 272 g/mol. The molecule has 1 heterocycles. The Bertz CT molecular complexity index is 463. The van der Waals surface area contributed by atoms with Gasteiger partial charge in [0.2, 0.25) is 0 Å². The van der Waals surface area contributed by atoms with Gasteiger partial charge in [-0.2, -0.15) is 13.2 Å². The molecule has 0 spiro atoms. The minimum atomic E-state index is -4.43. The van der Waals surface area contributed by atoms with Crippen LogP contribution in [-0.4, -0.2) is 23.9 Å². The summed E-state index contributed by atoms with van der Waals surface area (Å²) < 4.78 is 37.8. The molecule has 1 saturated carbocycles. The molecule has 0 amide bonds. The topological polar surface area (TPSA) is 33.2 Å². The number of Topliss-reactive ketones (excluding diaryl/α,β-unsaturated/α-hetero) is 1. The van der Waals surface area contributed by atoms with E-state index in [1.165, 1.54) is 6.07 Å². The van der Waals surface area contributed by atoms with Crippen molar-refractivity contribution in [3.63, 3.8) is 0 Å². The lowest BCUT2D eigenvalue weighted by Gasteiger charge is -2.31. The zero-order chi connectivity index (χ0) is 14.0. The van der Waals surface area contributed by atoms with Crippen molar-refractivity contribution in [1.82, 2.24) is 4.98 Å². The van der Waals surface area contributed by atoms with Crippen LogP contribution in [0, 0.1) is 0 Å². The summed E-state index contributed by atoms with van der Waals surface area (Å²) in [5.41, 5.74) is -0.885. The van der Waals surface area contributed by atoms with Gasteiger partial charge in [0, 0.05) is 25.9 Å². The van der Waals surface area contributed by atoms with E-state index < -0.39 is 11.9 Å². The van der Waals surface area contributed by atoms with Crippen LogP contribution >= 0.6 is 0 Å². The van der Waals surface area contributed by atoms with E-state index in [0.717, 1.165) is 6.07 Å². The number of halogens is 3. The van der Waals surface area contributed by atoms with Crippen molar-refractivity contribution < 1.29 is 18.0 Å². The summed E-state index contributed by atoms with van der Waals surface area (Å²) in [5, 5.41) is 0. The van der Waals surface area contributed by atoms with Crippen molar-refractivity contribution >= 4 is 11.6 Å². The summed E-state index contributed by atoms with van der Waals surface area (Å²) in [6.45, 7) is 0. The third kappa shape index (κ3) is 3.24. The quantitative estimate of drug-likeness (QED) is 0.829. The van der Waals surface area contributed by atoms with Gasteiger partial charge >= 0.3 is 6.18 Å². The summed E-state index contributed by atoms with van der Waals surface area (Å²) in [5.74, 6) is 0.524. The fourth-order valence-corrected chi connectivity index (χ4v) is 2.28. The first-order valence-electron chi connectivity index (χ1n) is 6.16. The van der Waals surface area contributed by atoms with Gasteiger partial charge in [-0.1, -0.05) is 6.07 Å². The Morgan fingerprint density at radius 3 is 2.47 bits per heavy atom. The smallest absolute Gasteiger partial charge is 0.357 e. The molecule has 0 saturated heterocycles. The van der Waals surface area contributed by atoms with Gasteiger partial charge in [0.05, 0.1) is 0 Å². The van der Waals surface area contributed by atoms with E-state index in [-0.39, 0.29) is 11.8 Å². The van der Waals surface area contributed by atoms with Crippen LogP contribution in [0.25, 0.3) is 0 Å². The molecular weight excluding hydrogens is 257 g/mol. The lowest BCUT2D eigenvalue weighted by molar-refractivity contribution is -0.141. The average molecular weight is 272 g/mol. The van der Waals surface area contributed by atoms with E-state index in [1.54, 1.807) is 18.0 Å². The van der Waals surface area contributed by atoms with E-state index in [1.807, 2.05) is 0 Å². The standard InChI is InChI=1S/C13H15F3N2O/c1-18(9-5-7-10(19)8-6-9)12-4-2-3-11(17-12)13(14,15)16/h2-4,9H,5-8H2,1H3. The molecule has 1 aliphatic carbocycles. The minimum Gasteiger partial charge on any atom is -0.357 e. The van der Waals surface area contributed by atoms with Crippen LogP contribution in [0.5, 0.6) is 0 Å². The van der Waals surface area contributed by atoms with Gasteiger partial charge in [-0.05, 0) is 25.0 Å². The minimum absolute atomic E-state index is 0.0775. The van der Waals surface area contributed by atoms with Crippen LogP contribution in [0.3, 0.4) is 0 Å². The molecule has 1 aromatic rings. The molecule has 2 rings (SSSR count). The highest BCUT2D eigenvalue weighted by molar-refractivity contribution is 5.79. The fourth-order valence-electron chi connectivity index (χ4n) is 2.28. The first kappa shape index (κ1) is 13.8. The van der Waals surface area contributed by atoms with Crippen molar-refractivity contribution in [1.29, 1.82) is 0 Å². The number of aromatic nitrogens is 1. The first-order chi connectivity index (χ1) is 8.88. The Labute approximate surface area is 109 Å². The van der Waals surface area contributed by atoms with E-state index in [0.29, 0.717) is 31.5 Å². The Balaban J connectivity index is 2.15. The number of hydrogen-bond acceptors (Lipinski definition) is 3. The van der Waals surface area contributed by atoms with Crippen molar-refractivity contribution in [2.24, 2.45) is 0 Å². The van der Waals surface area contributed by atoms with E-state index in [4.69, 9.17) is 0 Å². The van der Waals surface area contributed by atoms with Crippen molar-refractivity contribution in [3.05, 3.63) is 23.9 Å². The Kier molecular flexibility index (Phi) is 3.78. The number of rotatable bonds is 2. The fraction of sp³-hybridized carbons (Fsp3) is 0.538. The molecule has 0 bridgehead atoms. The van der Waals surface area contributed by atoms with Crippen molar-refractivity contribution in [2.75, 3.05) is 11.9 Å². The Morgan fingerprint density at radius 1 is 1.26 bits per heavy atom. The van der Waals surface area contributed by atoms with Crippen molar-refractivity contribution in [3.8, 4) is 0 Å². The molecule has 104 valence electrons. The molecule has 1 aromatic heterocycles. The second-order valence-electron chi connectivity index (χ2n) is 4.76. The summed E-state index contributed by atoms with van der Waals surface area (Å²) >= 11 is 0. The maximum Gasteiger partial charge on any atom is 0.433 e. The molecule has 0 unspecified atom stereocenters. The lowest BCUT2D eigenvalue weighted by Crippen LogP contribution is -2.36. The van der Waals surface area contributed by atoms with Gasteiger partial charge < -0.3 is 4.90 Å². The van der Waals surface area contributed by atoms with E-state index in [2.05, 4.69) is 4.98 Å².